The lowest BCUT2D eigenvalue weighted by Crippen LogP contribution is -2.12. The molecule has 1 atom stereocenters. The fourth-order valence-corrected chi connectivity index (χ4v) is 1.68. The molecule has 2 aromatic rings. The molecule has 0 saturated carbocycles. The van der Waals surface area contributed by atoms with Gasteiger partial charge in [0.2, 0.25) is 0 Å². The Morgan fingerprint density at radius 3 is 2.94 bits per heavy atom. The molecule has 4 nitrogen and oxygen atoms in total. The van der Waals surface area contributed by atoms with Gasteiger partial charge in [-0.05, 0) is 38.1 Å². The van der Waals surface area contributed by atoms with Crippen molar-refractivity contribution in [2.45, 2.75) is 19.8 Å². The van der Waals surface area contributed by atoms with Crippen molar-refractivity contribution >= 4 is 22.6 Å². The summed E-state index contributed by atoms with van der Waals surface area (Å²) < 4.78 is 10.6. The molecule has 1 unspecified atom stereocenters. The van der Waals surface area contributed by atoms with E-state index in [2.05, 4.69) is 0 Å². The van der Waals surface area contributed by atoms with Gasteiger partial charge in [0.05, 0.1) is 6.61 Å². The van der Waals surface area contributed by atoms with Crippen LogP contribution in [0.4, 0.5) is 5.69 Å². The molecule has 4 heteroatoms. The van der Waals surface area contributed by atoms with E-state index in [4.69, 9.17) is 14.9 Å². The summed E-state index contributed by atoms with van der Waals surface area (Å²) in [6.45, 7) is 3.92. The Balaban J connectivity index is 2.33. The highest BCUT2D eigenvalue weighted by Gasteiger charge is 2.20. The second-order valence-electron chi connectivity index (χ2n) is 3.92. The smallest absolute Gasteiger partial charge is 0.316 e. The molecule has 0 aliphatic rings. The normalized spacial score (nSPS) is 12.6. The van der Waals surface area contributed by atoms with Gasteiger partial charge < -0.3 is 14.9 Å². The van der Waals surface area contributed by atoms with Crippen molar-refractivity contribution in [3.63, 3.8) is 0 Å². The molecule has 0 aliphatic carbocycles. The molecule has 0 bridgehead atoms. The summed E-state index contributed by atoms with van der Waals surface area (Å²) >= 11 is 0. The molecule has 2 rings (SSSR count). The first-order valence-corrected chi connectivity index (χ1v) is 5.57. The molecule has 0 spiro atoms. The van der Waals surface area contributed by atoms with Gasteiger partial charge in [-0.15, -0.1) is 0 Å². The van der Waals surface area contributed by atoms with Crippen LogP contribution in [0.15, 0.2) is 28.7 Å². The third-order valence-electron chi connectivity index (χ3n) is 2.63. The highest BCUT2D eigenvalue weighted by atomic mass is 16.5. The number of ether oxygens (including phenoxy) is 1. The number of esters is 1. The van der Waals surface area contributed by atoms with E-state index in [0.29, 0.717) is 18.1 Å². The number of hydrogen-bond acceptors (Lipinski definition) is 4. The number of nitrogens with two attached hydrogens (primary N) is 1. The SMILES string of the molecule is CCOC(=O)C(C)c1cc2cc(N)ccc2o1. The summed E-state index contributed by atoms with van der Waals surface area (Å²) in [5.74, 6) is -0.0767. The first-order valence-electron chi connectivity index (χ1n) is 5.57. The van der Waals surface area contributed by atoms with Crippen molar-refractivity contribution in [3.8, 4) is 0 Å². The predicted molar refractivity (Wildman–Crippen MR) is 65.7 cm³/mol. The molecule has 0 amide bonds. The van der Waals surface area contributed by atoms with Crippen LogP contribution >= 0.6 is 0 Å². The van der Waals surface area contributed by atoms with Crippen LogP contribution in [-0.2, 0) is 9.53 Å². The molecule has 0 aliphatic heterocycles. The van der Waals surface area contributed by atoms with Crippen molar-refractivity contribution in [1.82, 2.24) is 0 Å². The van der Waals surface area contributed by atoms with Crippen LogP contribution in [0.3, 0.4) is 0 Å². The minimum Gasteiger partial charge on any atom is -0.465 e. The Labute approximate surface area is 99.3 Å². The Kier molecular flexibility index (Phi) is 3.04. The van der Waals surface area contributed by atoms with Crippen LogP contribution in [0.25, 0.3) is 11.0 Å². The minimum atomic E-state index is -0.399. The fourth-order valence-electron chi connectivity index (χ4n) is 1.68. The average molecular weight is 233 g/mol. The molecule has 0 radical (unpaired) electrons. The van der Waals surface area contributed by atoms with Crippen molar-refractivity contribution < 1.29 is 13.9 Å². The lowest BCUT2D eigenvalue weighted by atomic mass is 10.1. The van der Waals surface area contributed by atoms with Crippen molar-refractivity contribution in [2.24, 2.45) is 0 Å². The van der Waals surface area contributed by atoms with Gasteiger partial charge in [-0.1, -0.05) is 0 Å². The third-order valence-corrected chi connectivity index (χ3v) is 2.63. The van der Waals surface area contributed by atoms with E-state index in [1.807, 2.05) is 12.1 Å². The quantitative estimate of drug-likeness (QED) is 0.653. The number of anilines is 1. The summed E-state index contributed by atoms with van der Waals surface area (Å²) in [6.07, 6.45) is 0. The molecule has 1 heterocycles. The Morgan fingerprint density at radius 1 is 1.47 bits per heavy atom. The molecule has 2 N–H and O–H groups in total. The van der Waals surface area contributed by atoms with E-state index in [9.17, 15) is 4.79 Å². The van der Waals surface area contributed by atoms with E-state index in [0.717, 1.165) is 11.0 Å². The number of hydrogen-bond donors (Lipinski definition) is 1. The Hall–Kier alpha value is -1.97. The number of nitrogen functional groups attached to an aromatic ring is 1. The van der Waals surface area contributed by atoms with Crippen LogP contribution in [0, 0.1) is 0 Å². The number of fused-ring (bicyclic) bond motifs is 1. The number of rotatable bonds is 3. The Morgan fingerprint density at radius 2 is 2.24 bits per heavy atom. The van der Waals surface area contributed by atoms with E-state index in [-0.39, 0.29) is 5.97 Å². The summed E-state index contributed by atoms with van der Waals surface area (Å²) in [5.41, 5.74) is 7.09. The second-order valence-corrected chi connectivity index (χ2v) is 3.92. The number of carbonyl (C=O) groups excluding carboxylic acids is 1. The van der Waals surface area contributed by atoms with Crippen LogP contribution in [0.2, 0.25) is 0 Å². The highest BCUT2D eigenvalue weighted by Crippen LogP contribution is 2.27. The van der Waals surface area contributed by atoms with Crippen LogP contribution < -0.4 is 5.73 Å². The molecule has 17 heavy (non-hydrogen) atoms. The molecule has 0 saturated heterocycles. The molecular formula is C13H15NO3. The first kappa shape index (κ1) is 11.5. The third kappa shape index (κ3) is 2.25. The van der Waals surface area contributed by atoms with Gasteiger partial charge in [-0.2, -0.15) is 0 Å². The van der Waals surface area contributed by atoms with E-state index < -0.39 is 5.92 Å². The van der Waals surface area contributed by atoms with Gasteiger partial charge in [-0.25, -0.2) is 0 Å². The molecule has 0 fully saturated rings. The van der Waals surface area contributed by atoms with Crippen molar-refractivity contribution in [3.05, 3.63) is 30.0 Å². The van der Waals surface area contributed by atoms with Crippen molar-refractivity contribution in [1.29, 1.82) is 0 Å². The zero-order chi connectivity index (χ0) is 12.4. The molecular weight excluding hydrogens is 218 g/mol. The maximum Gasteiger partial charge on any atom is 0.316 e. The molecule has 90 valence electrons. The topological polar surface area (TPSA) is 65.5 Å². The average Bonchev–Trinajstić information content (AvgIpc) is 2.71. The number of furan rings is 1. The van der Waals surface area contributed by atoms with E-state index in [1.165, 1.54) is 0 Å². The predicted octanol–water partition coefficient (Wildman–Crippen LogP) is 2.68. The molecule has 1 aromatic carbocycles. The van der Waals surface area contributed by atoms with Crippen LogP contribution in [0.5, 0.6) is 0 Å². The lowest BCUT2D eigenvalue weighted by Gasteiger charge is -2.06. The van der Waals surface area contributed by atoms with Gasteiger partial charge in [0.1, 0.15) is 17.3 Å². The first-order chi connectivity index (χ1) is 8.11. The summed E-state index contributed by atoms with van der Waals surface area (Å²) in [6, 6.07) is 7.21. The summed E-state index contributed by atoms with van der Waals surface area (Å²) in [7, 11) is 0. The Bertz CT molecular complexity index is 545. The zero-order valence-electron chi connectivity index (χ0n) is 9.90. The number of carbonyl (C=O) groups is 1. The van der Waals surface area contributed by atoms with Gasteiger partial charge in [0.25, 0.3) is 0 Å². The largest absolute Gasteiger partial charge is 0.465 e. The zero-order valence-corrected chi connectivity index (χ0v) is 9.90. The van der Waals surface area contributed by atoms with Gasteiger partial charge in [-0.3, -0.25) is 4.79 Å². The number of benzene rings is 1. The molecule has 1 aromatic heterocycles. The van der Waals surface area contributed by atoms with E-state index >= 15 is 0 Å². The van der Waals surface area contributed by atoms with E-state index in [1.54, 1.807) is 26.0 Å². The summed E-state index contributed by atoms with van der Waals surface area (Å²) in [5, 5.41) is 0.899. The van der Waals surface area contributed by atoms with Crippen molar-refractivity contribution in [2.75, 3.05) is 12.3 Å². The maximum atomic E-state index is 11.6. The summed E-state index contributed by atoms with van der Waals surface area (Å²) in [4.78, 5) is 11.6. The maximum absolute atomic E-state index is 11.6. The minimum absolute atomic E-state index is 0.278. The highest BCUT2D eigenvalue weighted by molar-refractivity contribution is 5.84. The van der Waals surface area contributed by atoms with Crippen LogP contribution in [0.1, 0.15) is 25.5 Å². The van der Waals surface area contributed by atoms with Gasteiger partial charge in [0, 0.05) is 11.1 Å². The van der Waals surface area contributed by atoms with Crippen LogP contribution in [-0.4, -0.2) is 12.6 Å². The second kappa shape index (κ2) is 4.49. The van der Waals surface area contributed by atoms with Gasteiger partial charge >= 0.3 is 5.97 Å². The monoisotopic (exact) mass is 233 g/mol. The van der Waals surface area contributed by atoms with Gasteiger partial charge in [0.15, 0.2) is 0 Å². The standard InChI is InChI=1S/C13H15NO3/c1-3-16-13(15)8(2)12-7-9-6-10(14)4-5-11(9)17-12/h4-8H,3,14H2,1-2H3. The lowest BCUT2D eigenvalue weighted by molar-refractivity contribution is -0.144. The fraction of sp³-hybridized carbons (Fsp3) is 0.308.